The van der Waals surface area contributed by atoms with Crippen LogP contribution in [0.5, 0.6) is 0 Å². The van der Waals surface area contributed by atoms with Gasteiger partial charge in [0.25, 0.3) is 0 Å². The highest BCUT2D eigenvalue weighted by Gasteiger charge is 2.12. The molecule has 0 saturated heterocycles. The van der Waals surface area contributed by atoms with Crippen LogP contribution in [-0.4, -0.2) is 32.6 Å². The predicted octanol–water partition coefficient (Wildman–Crippen LogP) is 5.05. The molecule has 0 N–H and O–H groups in total. The Kier molecular flexibility index (Phi) is 11.4. The fourth-order valence-electron chi connectivity index (χ4n) is 2.71. The third-order valence-electron chi connectivity index (χ3n) is 4.32. The van der Waals surface area contributed by atoms with Crippen LogP contribution in [0.4, 0.5) is 0 Å². The van der Waals surface area contributed by atoms with Crippen LogP contribution in [0.3, 0.4) is 0 Å². The third kappa shape index (κ3) is 9.75. The van der Waals surface area contributed by atoms with Crippen LogP contribution in [-0.2, 0) is 20.7 Å². The quantitative estimate of drug-likeness (QED) is 0.262. The van der Waals surface area contributed by atoms with E-state index in [1.54, 1.807) is 18.4 Å². The van der Waals surface area contributed by atoms with Gasteiger partial charge in [-0.3, -0.25) is 9.59 Å². The molecule has 0 radical (unpaired) electrons. The number of aryl methyl sites for hydroxylation is 1. The first kappa shape index (κ1) is 21.8. The molecule has 1 aromatic rings. The Bertz CT molecular complexity index is 510. The second-order valence-corrected chi connectivity index (χ2v) is 7.79. The zero-order valence-electron chi connectivity index (χ0n) is 15.8. The van der Waals surface area contributed by atoms with Crippen molar-refractivity contribution in [3.05, 3.63) is 21.9 Å². The summed E-state index contributed by atoms with van der Waals surface area (Å²) in [5, 5.41) is 0. The van der Waals surface area contributed by atoms with Crippen molar-refractivity contribution in [2.45, 2.75) is 64.7 Å². The summed E-state index contributed by atoms with van der Waals surface area (Å²) in [7, 11) is 3.15. The van der Waals surface area contributed by atoms with Gasteiger partial charge in [0.1, 0.15) is 0 Å². The number of methoxy groups -OCH3 is 2. The van der Waals surface area contributed by atoms with E-state index < -0.39 is 0 Å². The molecule has 1 atom stereocenters. The lowest BCUT2D eigenvalue weighted by atomic mass is 10.0. The van der Waals surface area contributed by atoms with Crippen LogP contribution >= 0.6 is 11.3 Å². The summed E-state index contributed by atoms with van der Waals surface area (Å²) in [4.78, 5) is 25.6. The van der Waals surface area contributed by atoms with Crippen molar-refractivity contribution in [1.29, 1.82) is 0 Å². The van der Waals surface area contributed by atoms with Gasteiger partial charge in [-0.15, -0.1) is 11.3 Å². The lowest BCUT2D eigenvalue weighted by Crippen LogP contribution is -2.07. The molecular weight excluding hydrogens is 336 g/mol. The minimum absolute atomic E-state index is 0.156. The number of ether oxygens (including phenoxy) is 2. The van der Waals surface area contributed by atoms with Gasteiger partial charge in [0.15, 0.2) is 5.78 Å². The summed E-state index contributed by atoms with van der Waals surface area (Å²) in [6.07, 6.45) is 8.47. The number of hydrogen-bond acceptors (Lipinski definition) is 5. The Hall–Kier alpha value is -1.20. The van der Waals surface area contributed by atoms with E-state index in [0.29, 0.717) is 18.8 Å². The number of carbonyl (C=O) groups excluding carboxylic acids is 2. The minimum atomic E-state index is -0.156. The molecule has 0 aliphatic rings. The van der Waals surface area contributed by atoms with E-state index in [9.17, 15) is 9.59 Å². The first-order valence-corrected chi connectivity index (χ1v) is 10.1. The Morgan fingerprint density at radius 3 is 2.52 bits per heavy atom. The number of carbonyl (C=O) groups is 2. The van der Waals surface area contributed by atoms with E-state index in [-0.39, 0.29) is 11.8 Å². The Labute approximate surface area is 155 Å². The van der Waals surface area contributed by atoms with Gasteiger partial charge in [-0.25, -0.2) is 0 Å². The highest BCUT2D eigenvalue weighted by molar-refractivity contribution is 7.14. The molecule has 0 aliphatic carbocycles. The van der Waals surface area contributed by atoms with Crippen molar-refractivity contribution in [3.8, 4) is 0 Å². The van der Waals surface area contributed by atoms with E-state index in [1.165, 1.54) is 24.8 Å². The second kappa shape index (κ2) is 13.1. The Morgan fingerprint density at radius 1 is 1.08 bits per heavy atom. The van der Waals surface area contributed by atoms with Gasteiger partial charge in [-0.05, 0) is 43.7 Å². The SMILES string of the molecule is COCCCCCCCC(=O)c1ccc(CC[C@@H](C)CC(=O)OC)s1. The van der Waals surface area contributed by atoms with Crippen molar-refractivity contribution in [3.63, 3.8) is 0 Å². The second-order valence-electron chi connectivity index (χ2n) is 6.62. The minimum Gasteiger partial charge on any atom is -0.469 e. The van der Waals surface area contributed by atoms with Crippen LogP contribution in [0, 0.1) is 5.92 Å². The summed E-state index contributed by atoms with van der Waals surface area (Å²) in [6, 6.07) is 4.00. The number of thiophene rings is 1. The zero-order valence-corrected chi connectivity index (χ0v) is 16.7. The average Bonchev–Trinajstić information content (AvgIpc) is 3.08. The number of rotatable bonds is 14. The lowest BCUT2D eigenvalue weighted by Gasteiger charge is -2.08. The third-order valence-corrected chi connectivity index (χ3v) is 5.50. The monoisotopic (exact) mass is 368 g/mol. The van der Waals surface area contributed by atoms with E-state index >= 15 is 0 Å². The van der Waals surface area contributed by atoms with Crippen molar-refractivity contribution in [1.82, 2.24) is 0 Å². The molecule has 0 amide bonds. The normalized spacial score (nSPS) is 12.1. The van der Waals surface area contributed by atoms with Gasteiger partial charge < -0.3 is 9.47 Å². The Balaban J connectivity index is 2.22. The number of hydrogen-bond donors (Lipinski definition) is 0. The van der Waals surface area contributed by atoms with Crippen LogP contribution < -0.4 is 0 Å². The summed E-state index contributed by atoms with van der Waals surface area (Å²) < 4.78 is 9.73. The molecule has 1 aromatic heterocycles. The smallest absolute Gasteiger partial charge is 0.305 e. The first-order chi connectivity index (χ1) is 12.1. The van der Waals surface area contributed by atoms with Crippen molar-refractivity contribution >= 4 is 23.1 Å². The number of esters is 1. The average molecular weight is 369 g/mol. The van der Waals surface area contributed by atoms with Crippen LogP contribution in [0.2, 0.25) is 0 Å². The van der Waals surface area contributed by atoms with Gasteiger partial charge in [-0.1, -0.05) is 26.2 Å². The maximum Gasteiger partial charge on any atom is 0.305 e. The van der Waals surface area contributed by atoms with Gasteiger partial charge in [0, 0.05) is 31.4 Å². The van der Waals surface area contributed by atoms with Gasteiger partial charge in [0.2, 0.25) is 0 Å². The summed E-state index contributed by atoms with van der Waals surface area (Å²) >= 11 is 1.60. The molecule has 5 heteroatoms. The van der Waals surface area contributed by atoms with Crippen molar-refractivity contribution < 1.29 is 19.1 Å². The molecule has 0 bridgehead atoms. The molecule has 0 fully saturated rings. The molecule has 1 heterocycles. The van der Waals surface area contributed by atoms with Gasteiger partial charge in [-0.2, -0.15) is 0 Å². The largest absolute Gasteiger partial charge is 0.469 e. The molecule has 4 nitrogen and oxygen atoms in total. The molecule has 25 heavy (non-hydrogen) atoms. The highest BCUT2D eigenvalue weighted by atomic mass is 32.1. The molecule has 1 rings (SSSR count). The van der Waals surface area contributed by atoms with Gasteiger partial charge >= 0.3 is 5.97 Å². The summed E-state index contributed by atoms with van der Waals surface area (Å²) in [6.45, 7) is 2.89. The van der Waals surface area contributed by atoms with E-state index in [1.807, 2.05) is 12.1 Å². The maximum atomic E-state index is 12.2. The molecule has 0 spiro atoms. The number of unbranched alkanes of at least 4 members (excludes halogenated alkanes) is 4. The molecule has 0 saturated carbocycles. The molecule has 142 valence electrons. The van der Waals surface area contributed by atoms with E-state index in [0.717, 1.165) is 43.6 Å². The first-order valence-electron chi connectivity index (χ1n) is 9.24. The number of ketones is 1. The van der Waals surface area contributed by atoms with Crippen LogP contribution in [0.1, 0.15) is 72.8 Å². The zero-order chi connectivity index (χ0) is 18.5. The molecule has 0 aliphatic heterocycles. The summed E-state index contributed by atoms with van der Waals surface area (Å²) in [5.74, 6) is 0.402. The molecule has 0 unspecified atom stereocenters. The fourth-order valence-corrected chi connectivity index (χ4v) is 3.70. The predicted molar refractivity (Wildman–Crippen MR) is 102 cm³/mol. The summed E-state index contributed by atoms with van der Waals surface area (Å²) in [5.41, 5.74) is 0. The Morgan fingerprint density at radius 2 is 1.80 bits per heavy atom. The van der Waals surface area contributed by atoms with Crippen molar-refractivity contribution in [2.75, 3.05) is 20.8 Å². The topological polar surface area (TPSA) is 52.6 Å². The van der Waals surface area contributed by atoms with E-state index in [4.69, 9.17) is 9.47 Å². The van der Waals surface area contributed by atoms with Crippen LogP contribution in [0.25, 0.3) is 0 Å². The highest BCUT2D eigenvalue weighted by Crippen LogP contribution is 2.23. The molecular formula is C20H32O4S. The molecule has 0 aromatic carbocycles. The van der Waals surface area contributed by atoms with Crippen LogP contribution in [0.15, 0.2) is 12.1 Å². The fraction of sp³-hybridized carbons (Fsp3) is 0.700. The number of Topliss-reactive ketones (excluding diaryl/α,β-unsaturated/α-hetero) is 1. The van der Waals surface area contributed by atoms with Gasteiger partial charge in [0.05, 0.1) is 12.0 Å². The van der Waals surface area contributed by atoms with Crippen molar-refractivity contribution in [2.24, 2.45) is 5.92 Å². The maximum absolute atomic E-state index is 12.2. The van der Waals surface area contributed by atoms with E-state index in [2.05, 4.69) is 6.92 Å². The lowest BCUT2D eigenvalue weighted by molar-refractivity contribution is -0.141. The standard InChI is InChI=1S/C20H32O4S/c1-16(15-20(22)24-3)10-11-17-12-13-19(25-17)18(21)9-7-5-4-6-8-14-23-2/h12-13,16H,4-11,14-15H2,1-3H3/t16-/m1/s1.